The van der Waals surface area contributed by atoms with Crippen LogP contribution in [0.1, 0.15) is 19.5 Å². The average Bonchev–Trinajstić information content (AvgIpc) is 2.76. The molecule has 3 nitrogen and oxygen atoms in total. The molecule has 2 heterocycles. The van der Waals surface area contributed by atoms with Crippen LogP contribution in [0.25, 0.3) is 10.9 Å². The van der Waals surface area contributed by atoms with E-state index in [1.807, 2.05) is 29.2 Å². The maximum absolute atomic E-state index is 6.34. The molecular formula is C16H17Cl2N3. The maximum atomic E-state index is 6.34. The van der Waals surface area contributed by atoms with Crippen LogP contribution in [0.4, 0.5) is 0 Å². The van der Waals surface area contributed by atoms with E-state index in [-0.39, 0.29) is 0 Å². The van der Waals surface area contributed by atoms with Crippen LogP contribution in [-0.4, -0.2) is 27.5 Å². The van der Waals surface area contributed by atoms with Gasteiger partial charge in [0.2, 0.25) is 0 Å². The van der Waals surface area contributed by atoms with E-state index >= 15 is 0 Å². The number of halogens is 2. The van der Waals surface area contributed by atoms with Crippen molar-refractivity contribution >= 4 is 34.1 Å². The summed E-state index contributed by atoms with van der Waals surface area (Å²) >= 11 is 12.6. The van der Waals surface area contributed by atoms with E-state index in [1.165, 1.54) is 0 Å². The number of para-hydroxylation sites is 1. The molecule has 0 amide bonds. The Morgan fingerprint density at radius 1 is 1.10 bits per heavy atom. The minimum Gasteiger partial charge on any atom is -0.340 e. The van der Waals surface area contributed by atoms with Crippen LogP contribution in [0.3, 0.4) is 0 Å². The molecule has 0 unspecified atom stereocenters. The molecule has 0 spiro atoms. The largest absolute Gasteiger partial charge is 0.340 e. The highest BCUT2D eigenvalue weighted by molar-refractivity contribution is 6.38. The summed E-state index contributed by atoms with van der Waals surface area (Å²) < 4.78 is 0. The Hall–Kier alpha value is -1.45. The first kappa shape index (κ1) is 14.5. The van der Waals surface area contributed by atoms with Crippen molar-refractivity contribution in [3.8, 4) is 0 Å². The Morgan fingerprint density at radius 3 is 2.57 bits per heavy atom. The normalized spacial score (nSPS) is 15.7. The van der Waals surface area contributed by atoms with Gasteiger partial charge in [-0.2, -0.15) is 0 Å². The molecule has 0 saturated carbocycles. The van der Waals surface area contributed by atoms with Crippen molar-refractivity contribution in [3.05, 3.63) is 52.4 Å². The highest BCUT2D eigenvalue weighted by Gasteiger charge is 2.28. The van der Waals surface area contributed by atoms with Crippen molar-refractivity contribution in [2.45, 2.75) is 26.4 Å². The molecule has 5 heteroatoms. The zero-order valence-electron chi connectivity index (χ0n) is 12.1. The molecule has 1 aromatic heterocycles. The molecular weight excluding hydrogens is 305 g/mol. The Bertz CT molecular complexity index is 697. The van der Waals surface area contributed by atoms with Crippen molar-refractivity contribution in [2.24, 2.45) is 0 Å². The van der Waals surface area contributed by atoms with Gasteiger partial charge in [0.25, 0.3) is 0 Å². The summed E-state index contributed by atoms with van der Waals surface area (Å²) in [6.45, 7) is 5.56. The zero-order valence-corrected chi connectivity index (χ0v) is 13.6. The van der Waals surface area contributed by atoms with E-state index in [4.69, 9.17) is 23.2 Å². The number of rotatable bonds is 3. The molecule has 21 heavy (non-hydrogen) atoms. The van der Waals surface area contributed by atoms with Crippen LogP contribution in [0, 0.1) is 0 Å². The van der Waals surface area contributed by atoms with Gasteiger partial charge in [-0.1, -0.05) is 47.5 Å². The first-order valence-electron chi connectivity index (χ1n) is 6.98. The summed E-state index contributed by atoms with van der Waals surface area (Å²) in [7, 11) is 0. The summed E-state index contributed by atoms with van der Waals surface area (Å²) in [4.78, 5) is 8.80. The third-order valence-corrected chi connectivity index (χ3v) is 4.57. The Balaban J connectivity index is 1.83. The summed E-state index contributed by atoms with van der Waals surface area (Å²) in [6, 6.07) is 12.6. The quantitative estimate of drug-likeness (QED) is 0.785. The van der Waals surface area contributed by atoms with Crippen LogP contribution >= 0.6 is 23.2 Å². The molecule has 0 aliphatic carbocycles. The number of hydrogen-bond acceptors (Lipinski definition) is 3. The fourth-order valence-electron chi connectivity index (χ4n) is 2.46. The van der Waals surface area contributed by atoms with E-state index in [0.29, 0.717) is 29.6 Å². The van der Waals surface area contributed by atoms with Crippen molar-refractivity contribution in [1.29, 1.82) is 0 Å². The first-order valence-corrected chi connectivity index (χ1v) is 7.73. The molecule has 0 N–H and O–H groups in total. The van der Waals surface area contributed by atoms with Gasteiger partial charge in [0, 0.05) is 11.4 Å². The average molecular weight is 322 g/mol. The van der Waals surface area contributed by atoms with E-state index in [2.05, 4.69) is 35.9 Å². The van der Waals surface area contributed by atoms with Crippen molar-refractivity contribution in [2.75, 3.05) is 6.67 Å². The lowest BCUT2D eigenvalue weighted by atomic mass is 10.2. The lowest BCUT2D eigenvalue weighted by Gasteiger charge is -2.25. The minimum absolute atomic E-state index is 0.320. The van der Waals surface area contributed by atoms with Crippen LogP contribution in [0.2, 0.25) is 0 Å². The fraction of sp³-hybridized carbons (Fsp3) is 0.312. The van der Waals surface area contributed by atoms with Gasteiger partial charge in [-0.15, -0.1) is 0 Å². The van der Waals surface area contributed by atoms with Crippen LogP contribution in [0.15, 0.2) is 46.7 Å². The van der Waals surface area contributed by atoms with E-state index in [9.17, 15) is 0 Å². The second-order valence-electron chi connectivity index (χ2n) is 5.48. The predicted molar refractivity (Wildman–Crippen MR) is 87.9 cm³/mol. The number of hydrogen-bond donors (Lipinski definition) is 0. The molecule has 0 saturated heterocycles. The highest BCUT2D eigenvalue weighted by Crippen LogP contribution is 2.32. The molecule has 0 bridgehead atoms. The Labute approximate surface area is 134 Å². The summed E-state index contributed by atoms with van der Waals surface area (Å²) in [5, 5.41) is 2.36. The van der Waals surface area contributed by atoms with Gasteiger partial charge in [0.1, 0.15) is 10.3 Å². The minimum atomic E-state index is 0.320. The van der Waals surface area contributed by atoms with Crippen LogP contribution in [0.5, 0.6) is 0 Å². The van der Waals surface area contributed by atoms with Crippen LogP contribution in [-0.2, 0) is 6.54 Å². The molecule has 0 atom stereocenters. The number of aromatic nitrogens is 1. The third kappa shape index (κ3) is 2.81. The van der Waals surface area contributed by atoms with Gasteiger partial charge in [0.05, 0.1) is 24.4 Å². The van der Waals surface area contributed by atoms with Crippen molar-refractivity contribution in [1.82, 2.24) is 14.8 Å². The van der Waals surface area contributed by atoms with E-state index in [1.54, 1.807) is 0 Å². The lowest BCUT2D eigenvalue weighted by Crippen LogP contribution is -2.31. The maximum Gasteiger partial charge on any atom is 0.142 e. The topological polar surface area (TPSA) is 19.4 Å². The molecule has 0 radical (unpaired) electrons. The summed E-state index contributed by atoms with van der Waals surface area (Å²) in [5.41, 5.74) is 1.99. The fourth-order valence-corrected chi connectivity index (χ4v) is 3.05. The zero-order chi connectivity index (χ0) is 15.0. The smallest absolute Gasteiger partial charge is 0.142 e. The molecule has 1 aliphatic heterocycles. The highest BCUT2D eigenvalue weighted by atomic mass is 35.5. The molecule has 3 rings (SSSR count). The molecule has 110 valence electrons. The predicted octanol–water partition coefficient (Wildman–Crippen LogP) is 4.32. The summed E-state index contributed by atoms with van der Waals surface area (Å²) in [6.07, 6.45) is 0. The third-order valence-electron chi connectivity index (χ3n) is 3.66. The SMILES string of the molecule is CC(C)N1CN(Cc2ccc3ccccc3n2)C(Cl)=C1Cl. The van der Waals surface area contributed by atoms with Crippen molar-refractivity contribution < 1.29 is 0 Å². The number of benzene rings is 1. The second-order valence-corrected chi connectivity index (χ2v) is 6.20. The van der Waals surface area contributed by atoms with Gasteiger partial charge in [-0.25, -0.2) is 0 Å². The monoisotopic (exact) mass is 321 g/mol. The lowest BCUT2D eigenvalue weighted by molar-refractivity contribution is 0.219. The summed E-state index contributed by atoms with van der Waals surface area (Å²) in [5.74, 6) is 0. The number of pyridine rings is 1. The molecule has 1 aliphatic rings. The Kier molecular flexibility index (Phi) is 3.96. The number of fused-ring (bicyclic) bond motifs is 1. The van der Waals surface area contributed by atoms with E-state index in [0.717, 1.165) is 16.6 Å². The molecule has 0 fully saturated rings. The standard InChI is InChI=1S/C16H17Cl2N3/c1-11(2)21-10-20(15(17)16(21)18)9-13-8-7-12-5-3-4-6-14(12)19-13/h3-8,11H,9-10H2,1-2H3. The second kappa shape index (κ2) is 5.74. The van der Waals surface area contributed by atoms with Gasteiger partial charge in [-0.3, -0.25) is 4.98 Å². The van der Waals surface area contributed by atoms with Gasteiger partial charge in [-0.05, 0) is 26.0 Å². The van der Waals surface area contributed by atoms with Gasteiger partial charge >= 0.3 is 0 Å². The van der Waals surface area contributed by atoms with Gasteiger partial charge < -0.3 is 9.80 Å². The number of nitrogens with zero attached hydrogens (tertiary/aromatic N) is 3. The van der Waals surface area contributed by atoms with Crippen LogP contribution < -0.4 is 0 Å². The first-order chi connectivity index (χ1) is 10.1. The molecule has 2 aromatic rings. The van der Waals surface area contributed by atoms with Crippen molar-refractivity contribution in [3.63, 3.8) is 0 Å². The molecule has 1 aromatic carbocycles. The van der Waals surface area contributed by atoms with Gasteiger partial charge in [0.15, 0.2) is 0 Å². The van der Waals surface area contributed by atoms with E-state index < -0.39 is 0 Å². The Morgan fingerprint density at radius 2 is 1.86 bits per heavy atom.